The molecule has 0 aliphatic heterocycles. The van der Waals surface area contributed by atoms with Crippen LogP contribution >= 0.6 is 34.5 Å². The van der Waals surface area contributed by atoms with Crippen LogP contribution in [0.15, 0.2) is 11.0 Å². The molecule has 1 fully saturated rings. The average molecular weight is 357 g/mol. The predicted octanol–water partition coefficient (Wildman–Crippen LogP) is 3.10. The van der Waals surface area contributed by atoms with E-state index < -0.39 is 10.0 Å². The number of hydrogen-bond donors (Lipinski definition) is 2. The topological polar surface area (TPSA) is 72.2 Å². The van der Waals surface area contributed by atoms with E-state index in [-0.39, 0.29) is 9.23 Å². The number of nitrogens with two attached hydrogens (primary N) is 1. The van der Waals surface area contributed by atoms with E-state index in [4.69, 9.17) is 28.9 Å². The highest BCUT2D eigenvalue weighted by Crippen LogP contribution is 2.34. The first-order valence-corrected chi connectivity index (χ1v) is 9.62. The van der Waals surface area contributed by atoms with Crippen LogP contribution in [0.25, 0.3) is 0 Å². The summed E-state index contributed by atoms with van der Waals surface area (Å²) in [7, 11) is -3.57. The zero-order valence-electron chi connectivity index (χ0n) is 10.9. The summed E-state index contributed by atoms with van der Waals surface area (Å²) >= 11 is 12.7. The minimum Gasteiger partial charge on any atom is -0.330 e. The molecular formula is C12H18Cl2N2O2S2. The second kappa shape index (κ2) is 6.94. The number of sulfonamides is 1. The molecule has 0 atom stereocenters. The van der Waals surface area contributed by atoms with Crippen molar-refractivity contribution in [3.8, 4) is 0 Å². The summed E-state index contributed by atoms with van der Waals surface area (Å²) in [4.78, 5) is 0.0739. The molecule has 0 bridgehead atoms. The molecule has 1 aromatic heterocycles. The lowest BCUT2D eigenvalue weighted by molar-refractivity contribution is 0.280. The highest BCUT2D eigenvalue weighted by molar-refractivity contribution is 7.89. The Labute approximate surface area is 133 Å². The van der Waals surface area contributed by atoms with Crippen LogP contribution in [0, 0.1) is 11.8 Å². The van der Waals surface area contributed by atoms with E-state index in [2.05, 4.69) is 4.72 Å². The normalized spacial score (nSPS) is 23.9. The van der Waals surface area contributed by atoms with Crippen LogP contribution in [0.5, 0.6) is 0 Å². The van der Waals surface area contributed by atoms with Gasteiger partial charge >= 0.3 is 0 Å². The maximum atomic E-state index is 12.2. The highest BCUT2D eigenvalue weighted by Gasteiger charge is 2.24. The van der Waals surface area contributed by atoms with E-state index in [9.17, 15) is 8.42 Å². The Morgan fingerprint density at radius 1 is 1.25 bits per heavy atom. The lowest BCUT2D eigenvalue weighted by atomic mass is 9.82. The molecule has 2 rings (SSSR count). The van der Waals surface area contributed by atoms with Crippen molar-refractivity contribution in [2.75, 3.05) is 13.1 Å². The first-order valence-electron chi connectivity index (χ1n) is 6.57. The SMILES string of the molecule is NCC1CCC(CNS(=O)(=O)c2cc(Cl)sc2Cl)CC1. The molecular weight excluding hydrogens is 339 g/mol. The lowest BCUT2D eigenvalue weighted by Gasteiger charge is -2.27. The minimum absolute atomic E-state index is 0.0739. The Balaban J connectivity index is 1.92. The summed E-state index contributed by atoms with van der Waals surface area (Å²) < 4.78 is 27.5. The summed E-state index contributed by atoms with van der Waals surface area (Å²) in [5.41, 5.74) is 5.65. The molecule has 0 saturated heterocycles. The van der Waals surface area contributed by atoms with Gasteiger partial charge in [0.05, 0.1) is 4.34 Å². The van der Waals surface area contributed by atoms with Crippen molar-refractivity contribution in [1.82, 2.24) is 4.72 Å². The minimum atomic E-state index is -3.57. The van der Waals surface area contributed by atoms with Crippen molar-refractivity contribution in [1.29, 1.82) is 0 Å². The third kappa shape index (κ3) is 4.08. The maximum Gasteiger partial charge on any atom is 0.242 e. The van der Waals surface area contributed by atoms with Gasteiger partial charge < -0.3 is 5.73 Å². The lowest BCUT2D eigenvalue weighted by Crippen LogP contribution is -2.32. The Morgan fingerprint density at radius 2 is 1.85 bits per heavy atom. The van der Waals surface area contributed by atoms with Crippen molar-refractivity contribution in [3.05, 3.63) is 14.7 Å². The fourth-order valence-corrected chi connectivity index (χ4v) is 5.75. The molecule has 20 heavy (non-hydrogen) atoms. The number of thiophene rings is 1. The number of rotatable bonds is 5. The largest absolute Gasteiger partial charge is 0.330 e. The Kier molecular flexibility index (Phi) is 5.73. The molecule has 114 valence electrons. The fourth-order valence-electron chi connectivity index (χ4n) is 2.49. The van der Waals surface area contributed by atoms with Crippen molar-refractivity contribution in [3.63, 3.8) is 0 Å². The number of nitrogens with one attached hydrogen (secondary N) is 1. The second-order valence-electron chi connectivity index (χ2n) is 5.16. The van der Waals surface area contributed by atoms with Crippen LogP contribution in [-0.2, 0) is 10.0 Å². The third-order valence-corrected chi connectivity index (χ3v) is 6.95. The molecule has 3 N–H and O–H groups in total. The van der Waals surface area contributed by atoms with Crippen LogP contribution in [-0.4, -0.2) is 21.5 Å². The van der Waals surface area contributed by atoms with E-state index in [0.717, 1.165) is 43.6 Å². The van der Waals surface area contributed by atoms with Gasteiger partial charge in [-0.3, -0.25) is 0 Å². The van der Waals surface area contributed by atoms with Crippen LogP contribution in [0.2, 0.25) is 8.67 Å². The smallest absolute Gasteiger partial charge is 0.242 e. The average Bonchev–Trinajstić information content (AvgIpc) is 2.77. The quantitative estimate of drug-likeness (QED) is 0.851. The van der Waals surface area contributed by atoms with Crippen molar-refractivity contribution >= 4 is 44.6 Å². The van der Waals surface area contributed by atoms with E-state index in [1.165, 1.54) is 6.07 Å². The van der Waals surface area contributed by atoms with Gasteiger partial charge in [0.25, 0.3) is 0 Å². The molecule has 0 unspecified atom stereocenters. The molecule has 1 aliphatic rings. The van der Waals surface area contributed by atoms with Crippen LogP contribution in [0.4, 0.5) is 0 Å². The molecule has 1 saturated carbocycles. The molecule has 1 aliphatic carbocycles. The van der Waals surface area contributed by atoms with E-state index >= 15 is 0 Å². The fraction of sp³-hybridized carbons (Fsp3) is 0.667. The van der Waals surface area contributed by atoms with Crippen molar-refractivity contribution < 1.29 is 8.42 Å². The van der Waals surface area contributed by atoms with E-state index in [0.29, 0.717) is 22.7 Å². The summed E-state index contributed by atoms with van der Waals surface area (Å²) in [6.45, 7) is 1.17. The zero-order valence-corrected chi connectivity index (χ0v) is 14.1. The summed E-state index contributed by atoms with van der Waals surface area (Å²) in [6.07, 6.45) is 4.19. The van der Waals surface area contributed by atoms with Gasteiger partial charge in [0.15, 0.2) is 0 Å². The molecule has 1 heterocycles. The molecule has 0 radical (unpaired) electrons. The Hall–Kier alpha value is 0.150. The number of hydrogen-bond acceptors (Lipinski definition) is 4. The predicted molar refractivity (Wildman–Crippen MR) is 84.0 cm³/mol. The molecule has 8 heteroatoms. The zero-order chi connectivity index (χ0) is 14.8. The Bertz CT molecular complexity index is 552. The van der Waals surface area contributed by atoms with Crippen LogP contribution in [0.3, 0.4) is 0 Å². The summed E-state index contributed by atoms with van der Waals surface area (Å²) in [5.74, 6) is 0.966. The van der Waals surface area contributed by atoms with Gasteiger partial charge in [0.1, 0.15) is 9.23 Å². The van der Waals surface area contributed by atoms with Crippen molar-refractivity contribution in [2.45, 2.75) is 30.6 Å². The summed E-state index contributed by atoms with van der Waals surface area (Å²) in [5, 5.41) is 0. The van der Waals surface area contributed by atoms with E-state index in [1.807, 2.05) is 0 Å². The first kappa shape index (κ1) is 16.5. The van der Waals surface area contributed by atoms with Gasteiger partial charge in [-0.15, -0.1) is 11.3 Å². The molecule has 0 aromatic carbocycles. The molecule has 1 aromatic rings. The molecule has 0 amide bonds. The summed E-state index contributed by atoms with van der Waals surface area (Å²) in [6, 6.07) is 1.39. The monoisotopic (exact) mass is 356 g/mol. The maximum absolute atomic E-state index is 12.2. The number of halogens is 2. The molecule has 4 nitrogen and oxygen atoms in total. The van der Waals surface area contributed by atoms with Gasteiger partial charge in [0, 0.05) is 6.54 Å². The third-order valence-electron chi connectivity index (χ3n) is 3.78. The first-order chi connectivity index (χ1) is 9.42. The second-order valence-corrected chi connectivity index (χ2v) is 9.18. The van der Waals surface area contributed by atoms with Crippen molar-refractivity contribution in [2.24, 2.45) is 17.6 Å². The van der Waals surface area contributed by atoms with Gasteiger partial charge in [-0.25, -0.2) is 13.1 Å². The van der Waals surface area contributed by atoms with Gasteiger partial charge in [-0.2, -0.15) is 0 Å². The highest BCUT2D eigenvalue weighted by atomic mass is 35.5. The van der Waals surface area contributed by atoms with Gasteiger partial charge in [0.2, 0.25) is 10.0 Å². The van der Waals surface area contributed by atoms with Gasteiger partial charge in [-0.1, -0.05) is 23.2 Å². The van der Waals surface area contributed by atoms with Crippen LogP contribution < -0.4 is 10.5 Å². The van der Waals surface area contributed by atoms with E-state index in [1.54, 1.807) is 0 Å². The molecule has 0 spiro atoms. The van der Waals surface area contributed by atoms with Crippen LogP contribution in [0.1, 0.15) is 25.7 Å². The van der Waals surface area contributed by atoms with Gasteiger partial charge in [-0.05, 0) is 50.1 Å². The Morgan fingerprint density at radius 3 is 2.35 bits per heavy atom. The standard InChI is InChI=1S/C12H18Cl2N2O2S2/c13-11-5-10(12(14)19-11)20(17,18)16-7-9-3-1-8(6-15)2-4-9/h5,8-9,16H,1-4,6-7,15H2.